The molecule has 1 aliphatic carbocycles. The Kier molecular flexibility index (Phi) is 5.67. The number of hydrogen-bond acceptors (Lipinski definition) is 5. The van der Waals surface area contributed by atoms with Crippen molar-refractivity contribution in [1.82, 2.24) is 0 Å². The molecule has 0 saturated carbocycles. The molecule has 0 atom stereocenters. The fourth-order valence-corrected chi connectivity index (χ4v) is 4.02. The van der Waals surface area contributed by atoms with Crippen LogP contribution in [-0.2, 0) is 6.42 Å². The number of ether oxygens (including phenoxy) is 3. The number of carbonyl (C=O) groups excluding carboxylic acids is 1. The first-order valence-corrected chi connectivity index (χ1v) is 10.0. The van der Waals surface area contributed by atoms with Gasteiger partial charge in [-0.05, 0) is 83.6 Å². The molecule has 0 bridgehead atoms. The molecule has 5 nitrogen and oxygen atoms in total. The third kappa shape index (κ3) is 3.87. The number of allylic oxidation sites excluding steroid dienone is 2. The van der Waals surface area contributed by atoms with E-state index >= 15 is 0 Å². The number of ketones is 1. The molecule has 0 aliphatic heterocycles. The Hall–Kier alpha value is -3.73. The highest BCUT2D eigenvalue weighted by Crippen LogP contribution is 2.42. The standard InChI is InChI=1S/C26H24O5/c1-29-20-10-12-22-17(14-20)6-11-21(18-7-13-23(30-2)24(15-18)31-3)25(22)26(28)16-4-8-19(27)9-5-16/h4-5,7-10,12-15,27H,6,11H2,1-3H3. The van der Waals surface area contributed by atoms with Gasteiger partial charge in [0.1, 0.15) is 11.5 Å². The van der Waals surface area contributed by atoms with Crippen LogP contribution in [0.15, 0.2) is 60.7 Å². The van der Waals surface area contributed by atoms with Crippen LogP contribution >= 0.6 is 0 Å². The monoisotopic (exact) mass is 416 g/mol. The molecule has 0 saturated heterocycles. The van der Waals surface area contributed by atoms with Crippen LogP contribution in [-0.4, -0.2) is 32.2 Å². The van der Waals surface area contributed by atoms with Crippen molar-refractivity contribution in [1.29, 1.82) is 0 Å². The Balaban J connectivity index is 1.92. The number of aromatic hydroxyl groups is 1. The molecule has 0 fully saturated rings. The number of phenolic OH excluding ortho intramolecular Hbond substituents is 1. The van der Waals surface area contributed by atoms with Crippen molar-refractivity contribution in [2.45, 2.75) is 12.8 Å². The maximum Gasteiger partial charge on any atom is 0.193 e. The molecule has 0 radical (unpaired) electrons. The molecule has 3 aromatic carbocycles. The van der Waals surface area contributed by atoms with Gasteiger partial charge < -0.3 is 19.3 Å². The quantitative estimate of drug-likeness (QED) is 0.563. The molecule has 1 N–H and O–H groups in total. The van der Waals surface area contributed by atoms with Crippen LogP contribution in [0.5, 0.6) is 23.0 Å². The SMILES string of the molecule is COc1ccc2c(c1)CCC(c1ccc(OC)c(OC)c1)=C2C(=O)c1ccc(O)cc1. The Morgan fingerprint density at radius 2 is 1.55 bits per heavy atom. The molecule has 0 aromatic heterocycles. The summed E-state index contributed by atoms with van der Waals surface area (Å²) >= 11 is 0. The minimum atomic E-state index is -0.0871. The first-order chi connectivity index (χ1) is 15.0. The van der Waals surface area contributed by atoms with E-state index in [-0.39, 0.29) is 11.5 Å². The van der Waals surface area contributed by atoms with Gasteiger partial charge in [0, 0.05) is 11.1 Å². The van der Waals surface area contributed by atoms with Gasteiger partial charge in [-0.25, -0.2) is 0 Å². The second-order valence-corrected chi connectivity index (χ2v) is 7.32. The summed E-state index contributed by atoms with van der Waals surface area (Å²) in [5.41, 5.74) is 5.02. The number of hydrogen-bond donors (Lipinski definition) is 1. The molecule has 0 unspecified atom stereocenters. The maximum absolute atomic E-state index is 13.7. The lowest BCUT2D eigenvalue weighted by Crippen LogP contribution is -2.13. The van der Waals surface area contributed by atoms with Crippen molar-refractivity contribution < 1.29 is 24.1 Å². The Labute approximate surface area is 181 Å². The topological polar surface area (TPSA) is 65.0 Å². The summed E-state index contributed by atoms with van der Waals surface area (Å²) in [5.74, 6) is 2.06. The molecule has 4 rings (SSSR count). The lowest BCUT2D eigenvalue weighted by Gasteiger charge is -2.24. The lowest BCUT2D eigenvalue weighted by atomic mass is 9.79. The van der Waals surface area contributed by atoms with Crippen LogP contribution in [0.1, 0.15) is 33.5 Å². The fraction of sp³-hybridized carbons (Fsp3) is 0.192. The van der Waals surface area contributed by atoms with Crippen molar-refractivity contribution in [3.8, 4) is 23.0 Å². The third-order valence-electron chi connectivity index (χ3n) is 5.62. The summed E-state index contributed by atoms with van der Waals surface area (Å²) < 4.78 is 16.2. The highest BCUT2D eigenvalue weighted by Gasteiger charge is 2.27. The zero-order valence-corrected chi connectivity index (χ0v) is 17.8. The van der Waals surface area contributed by atoms with Crippen LogP contribution < -0.4 is 14.2 Å². The third-order valence-corrected chi connectivity index (χ3v) is 5.62. The van der Waals surface area contributed by atoms with Gasteiger partial charge in [-0.2, -0.15) is 0 Å². The van der Waals surface area contributed by atoms with E-state index in [0.717, 1.165) is 34.4 Å². The lowest BCUT2D eigenvalue weighted by molar-refractivity contribution is 0.105. The van der Waals surface area contributed by atoms with Gasteiger partial charge in [-0.15, -0.1) is 0 Å². The van der Waals surface area contributed by atoms with Crippen molar-refractivity contribution >= 4 is 16.9 Å². The number of benzene rings is 3. The number of aryl methyl sites for hydroxylation is 1. The van der Waals surface area contributed by atoms with E-state index in [0.29, 0.717) is 29.1 Å². The van der Waals surface area contributed by atoms with E-state index in [4.69, 9.17) is 14.2 Å². The van der Waals surface area contributed by atoms with Gasteiger partial charge in [0.05, 0.1) is 21.3 Å². The van der Waals surface area contributed by atoms with Gasteiger partial charge in [0.15, 0.2) is 17.3 Å². The highest BCUT2D eigenvalue weighted by atomic mass is 16.5. The first kappa shape index (κ1) is 20.5. The zero-order chi connectivity index (χ0) is 22.0. The van der Waals surface area contributed by atoms with Crippen LogP contribution in [0, 0.1) is 0 Å². The van der Waals surface area contributed by atoms with Crippen LogP contribution in [0.3, 0.4) is 0 Å². The summed E-state index contributed by atoms with van der Waals surface area (Å²) in [7, 11) is 4.83. The highest BCUT2D eigenvalue weighted by molar-refractivity contribution is 6.35. The number of rotatable bonds is 6. The molecule has 31 heavy (non-hydrogen) atoms. The van der Waals surface area contributed by atoms with Gasteiger partial charge in [0.2, 0.25) is 0 Å². The molecular formula is C26H24O5. The zero-order valence-electron chi connectivity index (χ0n) is 17.8. The van der Waals surface area contributed by atoms with Crippen molar-refractivity contribution in [2.75, 3.05) is 21.3 Å². The van der Waals surface area contributed by atoms with Crippen molar-refractivity contribution in [2.24, 2.45) is 0 Å². The largest absolute Gasteiger partial charge is 0.508 e. The summed E-state index contributed by atoms with van der Waals surface area (Å²) in [6, 6.07) is 17.9. The molecule has 5 heteroatoms. The summed E-state index contributed by atoms with van der Waals surface area (Å²) in [6.07, 6.45) is 1.50. The number of fused-ring (bicyclic) bond motifs is 1. The van der Waals surface area contributed by atoms with Gasteiger partial charge >= 0.3 is 0 Å². The predicted octanol–water partition coefficient (Wildman–Crippen LogP) is 5.16. The molecule has 0 heterocycles. The van der Waals surface area contributed by atoms with Gasteiger partial charge in [-0.1, -0.05) is 12.1 Å². The Bertz CT molecular complexity index is 1160. The van der Waals surface area contributed by atoms with E-state index < -0.39 is 0 Å². The molecule has 0 spiro atoms. The van der Waals surface area contributed by atoms with E-state index in [9.17, 15) is 9.90 Å². The summed E-state index contributed by atoms with van der Waals surface area (Å²) in [6.45, 7) is 0. The summed E-state index contributed by atoms with van der Waals surface area (Å²) in [4.78, 5) is 13.7. The molecule has 1 aliphatic rings. The smallest absolute Gasteiger partial charge is 0.193 e. The minimum Gasteiger partial charge on any atom is -0.508 e. The average Bonchev–Trinajstić information content (AvgIpc) is 2.82. The van der Waals surface area contributed by atoms with E-state index in [2.05, 4.69) is 0 Å². The van der Waals surface area contributed by atoms with Crippen LogP contribution in [0.25, 0.3) is 11.1 Å². The van der Waals surface area contributed by atoms with E-state index in [1.807, 2.05) is 36.4 Å². The number of phenols is 1. The molecule has 0 amide bonds. The minimum absolute atomic E-state index is 0.0871. The number of Topliss-reactive ketones (excluding diaryl/α,β-unsaturated/α-hetero) is 1. The van der Waals surface area contributed by atoms with Crippen molar-refractivity contribution in [3.63, 3.8) is 0 Å². The van der Waals surface area contributed by atoms with Crippen LogP contribution in [0.4, 0.5) is 0 Å². The van der Waals surface area contributed by atoms with Crippen LogP contribution in [0.2, 0.25) is 0 Å². The second kappa shape index (κ2) is 8.56. The number of carbonyl (C=O) groups is 1. The van der Waals surface area contributed by atoms with E-state index in [1.165, 1.54) is 12.1 Å². The predicted molar refractivity (Wildman–Crippen MR) is 120 cm³/mol. The maximum atomic E-state index is 13.7. The Morgan fingerprint density at radius 3 is 2.23 bits per heavy atom. The molecular weight excluding hydrogens is 392 g/mol. The second-order valence-electron chi connectivity index (χ2n) is 7.32. The fourth-order valence-electron chi connectivity index (χ4n) is 4.02. The average molecular weight is 416 g/mol. The number of methoxy groups -OCH3 is 3. The first-order valence-electron chi connectivity index (χ1n) is 10.0. The normalized spacial score (nSPS) is 12.9. The van der Waals surface area contributed by atoms with Gasteiger partial charge in [-0.3, -0.25) is 4.79 Å². The molecule has 158 valence electrons. The van der Waals surface area contributed by atoms with Crippen molar-refractivity contribution in [3.05, 3.63) is 82.9 Å². The molecule has 3 aromatic rings. The summed E-state index contributed by atoms with van der Waals surface area (Å²) in [5, 5.41) is 9.64. The Morgan fingerprint density at radius 1 is 0.806 bits per heavy atom. The van der Waals surface area contributed by atoms with Gasteiger partial charge in [0.25, 0.3) is 0 Å². The van der Waals surface area contributed by atoms with E-state index in [1.54, 1.807) is 33.5 Å².